The molecule has 10 heteroatoms. The van der Waals surface area contributed by atoms with Gasteiger partial charge in [0.2, 0.25) is 11.8 Å². The molecule has 1 saturated carbocycles. The highest BCUT2D eigenvalue weighted by atomic mass is 35.5. The van der Waals surface area contributed by atoms with Crippen LogP contribution >= 0.6 is 12.4 Å². The number of benzene rings is 2. The van der Waals surface area contributed by atoms with Gasteiger partial charge in [-0.2, -0.15) is 0 Å². The summed E-state index contributed by atoms with van der Waals surface area (Å²) in [5.41, 5.74) is -0.298. The molecule has 216 valence electrons. The monoisotopic (exact) mass is 571 g/mol. The summed E-state index contributed by atoms with van der Waals surface area (Å²) in [7, 11) is 0. The van der Waals surface area contributed by atoms with E-state index < -0.39 is 23.2 Å². The van der Waals surface area contributed by atoms with Gasteiger partial charge in [-0.25, -0.2) is 4.79 Å². The van der Waals surface area contributed by atoms with Crippen LogP contribution in [0.1, 0.15) is 67.8 Å². The summed E-state index contributed by atoms with van der Waals surface area (Å²) in [6, 6.07) is 13.4. The van der Waals surface area contributed by atoms with E-state index in [-0.39, 0.29) is 29.8 Å². The molecular formula is C30H38ClN3O6. The number of hydrogen-bond donors (Lipinski definition) is 3. The van der Waals surface area contributed by atoms with E-state index in [2.05, 4.69) is 17.1 Å². The number of ether oxygens (including phenoxy) is 1. The van der Waals surface area contributed by atoms with Crippen molar-refractivity contribution in [2.45, 2.75) is 75.6 Å². The lowest BCUT2D eigenvalue weighted by Crippen LogP contribution is -2.73. The Morgan fingerprint density at radius 1 is 1.00 bits per heavy atom. The van der Waals surface area contributed by atoms with E-state index in [1.807, 2.05) is 29.2 Å². The summed E-state index contributed by atoms with van der Waals surface area (Å²) in [6.07, 6.45) is 4.63. The van der Waals surface area contributed by atoms with E-state index in [1.54, 1.807) is 12.1 Å². The predicted molar refractivity (Wildman–Crippen MR) is 152 cm³/mol. The normalized spacial score (nSPS) is 21.4. The first-order valence-corrected chi connectivity index (χ1v) is 13.9. The number of hydrogen-bond acceptors (Lipinski definition) is 6. The van der Waals surface area contributed by atoms with Crippen LogP contribution in [-0.4, -0.2) is 74.6 Å². The van der Waals surface area contributed by atoms with Crippen molar-refractivity contribution in [2.75, 3.05) is 19.6 Å². The van der Waals surface area contributed by atoms with Crippen molar-refractivity contribution in [3.05, 3.63) is 59.7 Å². The maximum atomic E-state index is 13.5. The van der Waals surface area contributed by atoms with E-state index in [0.29, 0.717) is 63.2 Å². The van der Waals surface area contributed by atoms with E-state index in [4.69, 9.17) is 9.84 Å². The molecular weight excluding hydrogens is 534 g/mol. The van der Waals surface area contributed by atoms with Gasteiger partial charge in [0.15, 0.2) is 0 Å². The molecule has 2 aromatic carbocycles. The van der Waals surface area contributed by atoms with Gasteiger partial charge in [0, 0.05) is 32.6 Å². The fraction of sp³-hybridized carbons (Fsp3) is 0.500. The van der Waals surface area contributed by atoms with E-state index in [9.17, 15) is 19.5 Å². The average Bonchev–Trinajstić information content (AvgIpc) is 3.66. The smallest absolute Gasteiger partial charge is 0.335 e. The number of carboxylic acid groups (broad SMARTS) is 1. The van der Waals surface area contributed by atoms with Gasteiger partial charge in [-0.15, -0.1) is 12.4 Å². The number of carbonyl (C=O) groups excluding carboxylic acids is 2. The van der Waals surface area contributed by atoms with Gasteiger partial charge in [0.1, 0.15) is 23.1 Å². The molecule has 3 N–H and O–H groups in total. The van der Waals surface area contributed by atoms with Crippen molar-refractivity contribution in [2.24, 2.45) is 0 Å². The van der Waals surface area contributed by atoms with Crippen molar-refractivity contribution in [3.8, 4) is 11.5 Å². The lowest BCUT2D eigenvalue weighted by atomic mass is 9.81. The first kappa shape index (κ1) is 29.8. The SMILES string of the molecule is CCCCN1C(=O)[C@@H](CC2(O)CC2)NC(=O)C12CCN(Cc1ccc(Oc3ccc(C(=O)O)cc3)cc1)CC2.Cl. The van der Waals surface area contributed by atoms with Crippen LogP contribution in [0.25, 0.3) is 0 Å². The van der Waals surface area contributed by atoms with Gasteiger partial charge in [-0.3, -0.25) is 14.5 Å². The van der Waals surface area contributed by atoms with E-state index in [1.165, 1.54) is 12.1 Å². The number of likely N-dealkylation sites (tertiary alicyclic amines) is 1. The number of rotatable bonds is 10. The third-order valence-corrected chi connectivity index (χ3v) is 8.31. The van der Waals surface area contributed by atoms with Crippen LogP contribution in [0.3, 0.4) is 0 Å². The summed E-state index contributed by atoms with van der Waals surface area (Å²) in [4.78, 5) is 42.1. The van der Waals surface area contributed by atoms with Gasteiger partial charge in [0.25, 0.3) is 0 Å². The van der Waals surface area contributed by atoms with Crippen molar-refractivity contribution in [1.29, 1.82) is 0 Å². The quantitative estimate of drug-likeness (QED) is 0.395. The Balaban J connectivity index is 0.00000370. The molecule has 0 aromatic heterocycles. The Hall–Kier alpha value is -3.14. The topological polar surface area (TPSA) is 119 Å². The molecule has 9 nitrogen and oxygen atoms in total. The standard InChI is InChI=1S/C30H37N3O6.ClH/c1-2-3-16-33-26(34)25(19-29(38)12-13-29)31-28(37)30(33)14-17-32(18-15-30)20-21-4-8-23(9-5-21)39-24-10-6-22(7-11-24)27(35)36;/h4-11,25,38H,2-3,12-20H2,1H3,(H,31,37)(H,35,36);1H/t25-;/m1./s1. The molecule has 2 aromatic rings. The number of nitrogens with zero attached hydrogens (tertiary/aromatic N) is 2. The van der Waals surface area contributed by atoms with Crippen LogP contribution in [0, 0.1) is 0 Å². The van der Waals surface area contributed by atoms with Crippen molar-refractivity contribution in [3.63, 3.8) is 0 Å². The second kappa shape index (κ2) is 12.2. The molecule has 2 saturated heterocycles. The highest BCUT2D eigenvalue weighted by molar-refractivity contribution is 6.00. The number of piperidine rings is 1. The zero-order chi connectivity index (χ0) is 27.6. The molecule has 1 aliphatic carbocycles. The predicted octanol–water partition coefficient (Wildman–Crippen LogP) is 3.98. The minimum Gasteiger partial charge on any atom is -0.478 e. The lowest BCUT2D eigenvalue weighted by molar-refractivity contribution is -0.162. The molecule has 2 aliphatic heterocycles. The Morgan fingerprint density at radius 2 is 1.60 bits per heavy atom. The molecule has 0 bridgehead atoms. The molecule has 1 atom stereocenters. The zero-order valence-corrected chi connectivity index (χ0v) is 23.6. The van der Waals surface area contributed by atoms with Gasteiger partial charge in [-0.1, -0.05) is 25.5 Å². The van der Waals surface area contributed by atoms with Crippen molar-refractivity contribution < 1.29 is 29.3 Å². The fourth-order valence-corrected chi connectivity index (χ4v) is 5.68. The summed E-state index contributed by atoms with van der Waals surface area (Å²) >= 11 is 0. The van der Waals surface area contributed by atoms with E-state index >= 15 is 0 Å². The Bertz CT molecular complexity index is 1210. The number of amides is 2. The average molecular weight is 572 g/mol. The molecule has 1 spiro atoms. The minimum atomic E-state index is -0.976. The van der Waals surface area contributed by atoms with Crippen LogP contribution in [0.15, 0.2) is 48.5 Å². The first-order valence-electron chi connectivity index (χ1n) is 13.9. The summed E-state index contributed by atoms with van der Waals surface area (Å²) in [5, 5.41) is 22.4. The molecule has 40 heavy (non-hydrogen) atoms. The maximum absolute atomic E-state index is 13.5. The van der Waals surface area contributed by atoms with Gasteiger partial charge in [-0.05, 0) is 74.1 Å². The van der Waals surface area contributed by atoms with Crippen LogP contribution < -0.4 is 10.1 Å². The number of nitrogens with one attached hydrogen (secondary N) is 1. The summed E-state index contributed by atoms with van der Waals surface area (Å²) in [5.74, 6) is 0.121. The van der Waals surface area contributed by atoms with Gasteiger partial charge >= 0.3 is 5.97 Å². The molecule has 2 heterocycles. The highest BCUT2D eigenvalue weighted by Gasteiger charge is 2.55. The second-order valence-electron chi connectivity index (χ2n) is 11.2. The summed E-state index contributed by atoms with van der Waals surface area (Å²) in [6.45, 7) is 4.78. The van der Waals surface area contributed by atoms with Crippen LogP contribution in [-0.2, 0) is 16.1 Å². The Morgan fingerprint density at radius 3 is 2.15 bits per heavy atom. The van der Waals surface area contributed by atoms with Crippen molar-refractivity contribution >= 4 is 30.2 Å². The van der Waals surface area contributed by atoms with Crippen LogP contribution in [0.2, 0.25) is 0 Å². The van der Waals surface area contributed by atoms with E-state index in [0.717, 1.165) is 24.9 Å². The van der Waals surface area contributed by atoms with Gasteiger partial charge < -0.3 is 25.2 Å². The van der Waals surface area contributed by atoms with Crippen LogP contribution in [0.5, 0.6) is 11.5 Å². The number of aromatic carboxylic acids is 1. The number of carbonyl (C=O) groups is 3. The Kier molecular flexibility index (Phi) is 9.07. The number of piperazine rings is 1. The number of halogens is 1. The molecule has 3 fully saturated rings. The molecule has 0 unspecified atom stereocenters. The number of unbranched alkanes of at least 4 members (excludes halogenated alkanes) is 1. The summed E-state index contributed by atoms with van der Waals surface area (Å²) < 4.78 is 5.84. The first-order chi connectivity index (χ1) is 18.7. The molecule has 2 amide bonds. The fourth-order valence-electron chi connectivity index (χ4n) is 5.68. The highest BCUT2D eigenvalue weighted by Crippen LogP contribution is 2.42. The van der Waals surface area contributed by atoms with Gasteiger partial charge in [0.05, 0.1) is 11.2 Å². The molecule has 0 radical (unpaired) electrons. The number of aliphatic hydroxyl groups is 1. The zero-order valence-electron chi connectivity index (χ0n) is 22.8. The number of carboxylic acids is 1. The third-order valence-electron chi connectivity index (χ3n) is 8.31. The second-order valence-corrected chi connectivity index (χ2v) is 11.2. The molecule has 3 aliphatic rings. The lowest BCUT2D eigenvalue weighted by Gasteiger charge is -2.52. The molecule has 5 rings (SSSR count). The minimum absolute atomic E-state index is 0. The largest absolute Gasteiger partial charge is 0.478 e. The van der Waals surface area contributed by atoms with Crippen LogP contribution in [0.4, 0.5) is 0 Å². The Labute approximate surface area is 240 Å². The third kappa shape index (κ3) is 6.43. The van der Waals surface area contributed by atoms with Crippen molar-refractivity contribution in [1.82, 2.24) is 15.1 Å². The maximum Gasteiger partial charge on any atom is 0.335 e.